The van der Waals surface area contributed by atoms with E-state index in [4.69, 9.17) is 4.74 Å². The molecular formula is C15H18FN3O. The topological polar surface area (TPSA) is 47.0 Å². The van der Waals surface area contributed by atoms with E-state index in [1.807, 2.05) is 0 Å². The van der Waals surface area contributed by atoms with E-state index in [2.05, 4.69) is 22.2 Å². The summed E-state index contributed by atoms with van der Waals surface area (Å²) in [4.78, 5) is 8.22. The first-order chi connectivity index (χ1) is 9.76. The molecule has 0 bridgehead atoms. The molecule has 0 amide bonds. The quantitative estimate of drug-likeness (QED) is 0.823. The van der Waals surface area contributed by atoms with Crippen LogP contribution in [0.2, 0.25) is 0 Å². The molecule has 0 spiro atoms. The van der Waals surface area contributed by atoms with Gasteiger partial charge in [-0.15, -0.1) is 0 Å². The Labute approximate surface area is 118 Å². The van der Waals surface area contributed by atoms with Crippen LogP contribution in [0.5, 0.6) is 5.88 Å². The first kappa shape index (κ1) is 14.4. The number of hydrogen-bond donors (Lipinski definition) is 1. The third-order valence-corrected chi connectivity index (χ3v) is 2.90. The summed E-state index contributed by atoms with van der Waals surface area (Å²) in [6, 6.07) is 5.00. The van der Waals surface area contributed by atoms with Crippen LogP contribution in [0.3, 0.4) is 0 Å². The van der Waals surface area contributed by atoms with Crippen molar-refractivity contribution in [3.63, 3.8) is 0 Å². The van der Waals surface area contributed by atoms with Crippen molar-refractivity contribution < 1.29 is 9.13 Å². The Kier molecular flexibility index (Phi) is 5.01. The molecule has 2 rings (SSSR count). The highest BCUT2D eigenvalue weighted by molar-refractivity contribution is 5.65. The lowest BCUT2D eigenvalue weighted by Crippen LogP contribution is -2.13. The molecule has 1 heterocycles. The van der Waals surface area contributed by atoms with Crippen molar-refractivity contribution in [3.05, 3.63) is 42.0 Å². The summed E-state index contributed by atoms with van der Waals surface area (Å²) in [5.41, 5.74) is 1.83. The van der Waals surface area contributed by atoms with Gasteiger partial charge in [0.15, 0.2) is 0 Å². The Morgan fingerprint density at radius 3 is 2.80 bits per heavy atom. The third-order valence-electron chi connectivity index (χ3n) is 2.90. The van der Waals surface area contributed by atoms with Gasteiger partial charge in [-0.25, -0.2) is 14.4 Å². The molecular weight excluding hydrogens is 257 g/mol. The molecule has 4 nitrogen and oxygen atoms in total. The van der Waals surface area contributed by atoms with E-state index < -0.39 is 0 Å². The number of nitrogens with one attached hydrogen (secondary N) is 1. The lowest BCUT2D eigenvalue weighted by molar-refractivity contribution is 0.397. The summed E-state index contributed by atoms with van der Waals surface area (Å²) in [5.74, 6) is -0.00638. The van der Waals surface area contributed by atoms with Gasteiger partial charge in [-0.3, -0.25) is 0 Å². The van der Waals surface area contributed by atoms with Gasteiger partial charge in [0, 0.05) is 24.5 Å². The highest BCUT2D eigenvalue weighted by Crippen LogP contribution is 2.28. The second kappa shape index (κ2) is 6.96. The van der Waals surface area contributed by atoms with Crippen LogP contribution in [-0.4, -0.2) is 23.6 Å². The van der Waals surface area contributed by atoms with Gasteiger partial charge in [0.1, 0.15) is 11.5 Å². The minimum Gasteiger partial charge on any atom is -0.479 e. The van der Waals surface area contributed by atoms with Crippen LogP contribution in [0.4, 0.5) is 4.39 Å². The van der Waals surface area contributed by atoms with Crippen molar-refractivity contribution in [2.75, 3.05) is 13.7 Å². The van der Waals surface area contributed by atoms with Gasteiger partial charge in [0.05, 0.1) is 7.11 Å². The third kappa shape index (κ3) is 3.30. The van der Waals surface area contributed by atoms with Crippen LogP contribution in [0.1, 0.15) is 18.9 Å². The molecule has 2 aromatic rings. The van der Waals surface area contributed by atoms with Gasteiger partial charge < -0.3 is 10.1 Å². The number of hydrogen-bond acceptors (Lipinski definition) is 4. The Hall–Kier alpha value is -2.01. The van der Waals surface area contributed by atoms with Gasteiger partial charge in [-0.05, 0) is 30.7 Å². The first-order valence-electron chi connectivity index (χ1n) is 6.60. The maximum Gasteiger partial charge on any atom is 0.240 e. The van der Waals surface area contributed by atoms with Crippen LogP contribution < -0.4 is 10.1 Å². The summed E-state index contributed by atoms with van der Waals surface area (Å²) in [6.07, 6.45) is 4.11. The van der Waals surface area contributed by atoms with Crippen LogP contribution in [0.15, 0.2) is 30.6 Å². The fourth-order valence-corrected chi connectivity index (χ4v) is 1.93. The SMILES string of the molecule is CCCNCc1ccc(F)c(-c2nccnc2OC)c1. The normalized spacial score (nSPS) is 10.6. The van der Waals surface area contributed by atoms with E-state index >= 15 is 0 Å². The van der Waals surface area contributed by atoms with E-state index in [0.717, 1.165) is 18.5 Å². The number of rotatable bonds is 6. The summed E-state index contributed by atoms with van der Waals surface area (Å²) in [5, 5.41) is 3.29. The fourth-order valence-electron chi connectivity index (χ4n) is 1.93. The molecule has 0 saturated heterocycles. The van der Waals surface area contributed by atoms with Crippen molar-refractivity contribution in [1.82, 2.24) is 15.3 Å². The van der Waals surface area contributed by atoms with Gasteiger partial charge in [0.25, 0.3) is 0 Å². The number of ether oxygens (including phenoxy) is 1. The molecule has 0 atom stereocenters. The second-order valence-corrected chi connectivity index (χ2v) is 4.41. The van der Waals surface area contributed by atoms with Crippen molar-refractivity contribution in [2.24, 2.45) is 0 Å². The largest absolute Gasteiger partial charge is 0.479 e. The van der Waals surface area contributed by atoms with Gasteiger partial charge >= 0.3 is 0 Å². The molecule has 0 unspecified atom stereocenters. The van der Waals surface area contributed by atoms with Crippen molar-refractivity contribution in [1.29, 1.82) is 0 Å². The molecule has 0 radical (unpaired) electrons. The Balaban J connectivity index is 2.32. The zero-order chi connectivity index (χ0) is 14.4. The van der Waals surface area contributed by atoms with Crippen molar-refractivity contribution in [3.8, 4) is 17.1 Å². The molecule has 0 aliphatic carbocycles. The lowest BCUT2D eigenvalue weighted by Gasteiger charge is -2.09. The van der Waals surface area contributed by atoms with Gasteiger partial charge in [-0.1, -0.05) is 13.0 Å². The van der Waals surface area contributed by atoms with Crippen LogP contribution in [-0.2, 0) is 6.54 Å². The standard InChI is InChI=1S/C15H18FN3O/c1-3-6-17-10-11-4-5-13(16)12(9-11)14-15(20-2)19-8-7-18-14/h4-5,7-9,17H,3,6,10H2,1-2H3. The highest BCUT2D eigenvalue weighted by atomic mass is 19.1. The molecule has 0 aliphatic rings. The van der Waals surface area contributed by atoms with E-state index in [0.29, 0.717) is 23.7 Å². The Morgan fingerprint density at radius 2 is 2.05 bits per heavy atom. The van der Waals surface area contributed by atoms with Crippen molar-refractivity contribution in [2.45, 2.75) is 19.9 Å². The summed E-state index contributed by atoms with van der Waals surface area (Å²) in [7, 11) is 1.50. The number of methoxy groups -OCH3 is 1. The average Bonchev–Trinajstić information content (AvgIpc) is 2.49. The lowest BCUT2D eigenvalue weighted by atomic mass is 10.1. The smallest absolute Gasteiger partial charge is 0.240 e. The number of aromatic nitrogens is 2. The molecule has 1 aromatic carbocycles. The van der Waals surface area contributed by atoms with Gasteiger partial charge in [0.2, 0.25) is 5.88 Å². The predicted octanol–water partition coefficient (Wildman–Crippen LogP) is 2.79. The monoisotopic (exact) mass is 275 g/mol. The first-order valence-corrected chi connectivity index (χ1v) is 6.60. The Bertz CT molecular complexity index is 575. The van der Waals surface area contributed by atoms with Crippen LogP contribution in [0.25, 0.3) is 11.3 Å². The van der Waals surface area contributed by atoms with E-state index in [-0.39, 0.29) is 5.82 Å². The summed E-state index contributed by atoms with van der Waals surface area (Å²) >= 11 is 0. The number of benzene rings is 1. The van der Waals surface area contributed by atoms with E-state index in [1.165, 1.54) is 25.6 Å². The zero-order valence-corrected chi connectivity index (χ0v) is 11.7. The predicted molar refractivity (Wildman–Crippen MR) is 76.0 cm³/mol. The van der Waals surface area contributed by atoms with E-state index in [9.17, 15) is 4.39 Å². The minimum atomic E-state index is -0.331. The molecule has 1 N–H and O–H groups in total. The Morgan fingerprint density at radius 1 is 1.25 bits per heavy atom. The second-order valence-electron chi connectivity index (χ2n) is 4.41. The highest BCUT2D eigenvalue weighted by Gasteiger charge is 2.13. The molecule has 5 heteroatoms. The van der Waals surface area contributed by atoms with Crippen LogP contribution >= 0.6 is 0 Å². The molecule has 0 aliphatic heterocycles. The zero-order valence-electron chi connectivity index (χ0n) is 11.7. The maximum absolute atomic E-state index is 14.0. The molecule has 1 aromatic heterocycles. The van der Waals surface area contributed by atoms with Gasteiger partial charge in [-0.2, -0.15) is 0 Å². The summed E-state index contributed by atoms with van der Waals surface area (Å²) < 4.78 is 19.2. The number of halogens is 1. The molecule has 106 valence electrons. The number of nitrogens with zero attached hydrogens (tertiary/aromatic N) is 2. The summed E-state index contributed by atoms with van der Waals surface area (Å²) in [6.45, 7) is 3.73. The molecule has 0 saturated carbocycles. The molecule has 20 heavy (non-hydrogen) atoms. The minimum absolute atomic E-state index is 0.324. The average molecular weight is 275 g/mol. The van der Waals surface area contributed by atoms with Crippen molar-refractivity contribution >= 4 is 0 Å². The fraction of sp³-hybridized carbons (Fsp3) is 0.333. The maximum atomic E-state index is 14.0. The molecule has 0 fully saturated rings. The van der Waals surface area contributed by atoms with E-state index in [1.54, 1.807) is 12.1 Å². The van der Waals surface area contributed by atoms with Crippen LogP contribution in [0, 0.1) is 5.82 Å².